The van der Waals surface area contributed by atoms with Gasteiger partial charge in [0.15, 0.2) is 5.78 Å². The van der Waals surface area contributed by atoms with Crippen LogP contribution in [0.15, 0.2) is 24.3 Å². The maximum Gasteiger partial charge on any atom is 0.391 e. The van der Waals surface area contributed by atoms with Gasteiger partial charge in [0, 0.05) is 18.4 Å². The van der Waals surface area contributed by atoms with Crippen molar-refractivity contribution in [2.45, 2.75) is 37.9 Å². The molecule has 1 rings (SSSR count). The van der Waals surface area contributed by atoms with E-state index in [1.54, 1.807) is 24.3 Å². The highest BCUT2D eigenvalue weighted by Crippen LogP contribution is 2.21. The lowest BCUT2D eigenvalue weighted by Crippen LogP contribution is -2.43. The molecule has 0 spiro atoms. The second-order valence-corrected chi connectivity index (χ2v) is 5.28. The van der Waals surface area contributed by atoms with Crippen LogP contribution in [0.2, 0.25) is 0 Å². The van der Waals surface area contributed by atoms with Crippen molar-refractivity contribution in [2.24, 2.45) is 0 Å². The fourth-order valence-corrected chi connectivity index (χ4v) is 2.03. The lowest BCUT2D eigenvalue weighted by Gasteiger charge is -2.16. The number of carboxylic acid groups (broad SMARTS) is 1. The topological polar surface area (TPSA) is 92.7 Å². The van der Waals surface area contributed by atoms with Gasteiger partial charge in [-0.1, -0.05) is 0 Å². The van der Waals surface area contributed by atoms with E-state index < -0.39 is 30.5 Å². The minimum absolute atomic E-state index is 0.0107. The summed E-state index contributed by atoms with van der Waals surface area (Å²) in [6.45, 7) is 0. The monoisotopic (exact) mass is 361 g/mol. The van der Waals surface area contributed by atoms with Crippen LogP contribution in [0.25, 0.3) is 0 Å². The van der Waals surface area contributed by atoms with E-state index in [0.29, 0.717) is 11.3 Å². The normalized spacial score (nSPS) is 12.3. The highest BCUT2D eigenvalue weighted by atomic mass is 19.4. The lowest BCUT2D eigenvalue weighted by molar-refractivity contribution is -0.160. The summed E-state index contributed by atoms with van der Waals surface area (Å²) in [6, 6.07) is 4.30. The summed E-state index contributed by atoms with van der Waals surface area (Å²) in [6.07, 6.45) is -6.51. The average Bonchev–Trinajstić information content (AvgIpc) is 2.52. The van der Waals surface area contributed by atoms with Gasteiger partial charge in [-0.15, -0.1) is 0 Å². The number of halogens is 3. The lowest BCUT2D eigenvalue weighted by atomic mass is 10.0. The number of rotatable bonds is 9. The van der Waals surface area contributed by atoms with E-state index in [4.69, 9.17) is 9.84 Å². The van der Waals surface area contributed by atoms with Gasteiger partial charge >= 0.3 is 12.1 Å². The molecule has 0 aliphatic rings. The van der Waals surface area contributed by atoms with Crippen molar-refractivity contribution in [2.75, 3.05) is 7.11 Å². The van der Waals surface area contributed by atoms with Gasteiger partial charge in [-0.05, 0) is 30.7 Å². The maximum absolute atomic E-state index is 12.2. The molecular formula is C16H18F3NO5. The maximum atomic E-state index is 12.2. The Bertz CT molecular complexity index is 613. The molecule has 2 N–H and O–H groups in total. The largest absolute Gasteiger partial charge is 0.497 e. The molecule has 1 aromatic rings. The van der Waals surface area contributed by atoms with Crippen LogP contribution < -0.4 is 10.1 Å². The number of nitrogens with one attached hydrogen (secondary N) is 1. The number of aliphatic carboxylic acids is 1. The fourth-order valence-electron chi connectivity index (χ4n) is 2.03. The molecule has 1 amide bonds. The molecular weight excluding hydrogens is 343 g/mol. The summed E-state index contributed by atoms with van der Waals surface area (Å²) in [5.74, 6) is -2.26. The highest BCUT2D eigenvalue weighted by molar-refractivity contribution is 5.96. The van der Waals surface area contributed by atoms with Crippen molar-refractivity contribution in [3.05, 3.63) is 29.8 Å². The van der Waals surface area contributed by atoms with Crippen LogP contribution in [0.3, 0.4) is 0 Å². The van der Waals surface area contributed by atoms with Crippen molar-refractivity contribution in [3.8, 4) is 5.75 Å². The molecule has 138 valence electrons. The summed E-state index contributed by atoms with van der Waals surface area (Å²) in [7, 11) is 1.48. The van der Waals surface area contributed by atoms with E-state index in [9.17, 15) is 27.6 Å². The van der Waals surface area contributed by atoms with Crippen LogP contribution in [0.4, 0.5) is 13.2 Å². The summed E-state index contributed by atoms with van der Waals surface area (Å²) < 4.78 is 41.7. The molecule has 0 aliphatic heterocycles. The van der Waals surface area contributed by atoms with Crippen molar-refractivity contribution in [1.29, 1.82) is 0 Å². The number of hydrogen-bond acceptors (Lipinski definition) is 4. The zero-order chi connectivity index (χ0) is 19.0. The first kappa shape index (κ1) is 20.5. The third-order valence-electron chi connectivity index (χ3n) is 3.29. The van der Waals surface area contributed by atoms with Gasteiger partial charge in [-0.25, -0.2) is 4.79 Å². The summed E-state index contributed by atoms with van der Waals surface area (Å²) in [5.41, 5.74) is 0.418. The van der Waals surface area contributed by atoms with Gasteiger partial charge in [0.05, 0.1) is 13.5 Å². The third kappa shape index (κ3) is 7.69. The number of carboxylic acids is 1. The van der Waals surface area contributed by atoms with Gasteiger partial charge in [0.1, 0.15) is 11.8 Å². The van der Waals surface area contributed by atoms with Crippen LogP contribution >= 0.6 is 0 Å². The third-order valence-corrected chi connectivity index (χ3v) is 3.29. The molecule has 0 heterocycles. The smallest absolute Gasteiger partial charge is 0.391 e. The zero-order valence-electron chi connectivity index (χ0n) is 13.4. The molecule has 6 nitrogen and oxygen atoms in total. The molecule has 0 aromatic heterocycles. The molecule has 9 heteroatoms. The van der Waals surface area contributed by atoms with E-state index in [-0.39, 0.29) is 25.0 Å². The van der Waals surface area contributed by atoms with Gasteiger partial charge in [-0.3, -0.25) is 9.59 Å². The van der Waals surface area contributed by atoms with Crippen molar-refractivity contribution < 1.29 is 37.4 Å². The van der Waals surface area contributed by atoms with Crippen molar-refractivity contribution in [3.63, 3.8) is 0 Å². The first-order valence-corrected chi connectivity index (χ1v) is 7.38. The first-order chi connectivity index (χ1) is 11.6. The van der Waals surface area contributed by atoms with Gasteiger partial charge in [0.2, 0.25) is 5.91 Å². The second kappa shape index (κ2) is 9.05. The predicted octanol–water partition coefficient (Wildman–Crippen LogP) is 2.57. The van der Waals surface area contributed by atoms with E-state index in [1.807, 2.05) is 5.32 Å². The quantitative estimate of drug-likeness (QED) is 0.660. The number of ether oxygens (including phenoxy) is 1. The highest BCUT2D eigenvalue weighted by Gasteiger charge is 2.36. The number of carbonyl (C=O) groups excluding carboxylic acids is 2. The Balaban J connectivity index is 2.44. The summed E-state index contributed by atoms with van der Waals surface area (Å²) >= 11 is 0. The van der Waals surface area contributed by atoms with Crippen LogP contribution in [-0.4, -0.2) is 42.1 Å². The fraction of sp³-hybridized carbons (Fsp3) is 0.438. The Morgan fingerprint density at radius 3 is 2.24 bits per heavy atom. The molecule has 0 saturated carbocycles. The summed E-state index contributed by atoms with van der Waals surface area (Å²) in [4.78, 5) is 34.3. The Hall–Kier alpha value is -2.58. The molecule has 0 saturated heterocycles. The summed E-state index contributed by atoms with van der Waals surface area (Å²) in [5, 5.41) is 10.5. The number of benzene rings is 1. The number of alkyl halides is 3. The predicted molar refractivity (Wildman–Crippen MR) is 81.4 cm³/mol. The molecule has 1 aromatic carbocycles. The van der Waals surface area contributed by atoms with Gasteiger partial charge < -0.3 is 15.2 Å². The standard InChI is InChI=1S/C16H18F3NO5/c1-25-11-7-5-10(6-8-11)13(21)3-2-4-14(22)20-12(15(23)24)9-16(17,18)19/h5-8,12H,2-4,9H2,1H3,(H,20,22)(H,23,24). The van der Waals surface area contributed by atoms with Crippen molar-refractivity contribution >= 4 is 17.7 Å². The van der Waals surface area contributed by atoms with E-state index in [1.165, 1.54) is 7.11 Å². The Labute approximate surface area is 142 Å². The second-order valence-electron chi connectivity index (χ2n) is 5.28. The zero-order valence-corrected chi connectivity index (χ0v) is 13.4. The molecule has 1 atom stereocenters. The Morgan fingerprint density at radius 2 is 1.76 bits per heavy atom. The van der Waals surface area contributed by atoms with E-state index in [2.05, 4.69) is 0 Å². The molecule has 0 bridgehead atoms. The van der Waals surface area contributed by atoms with Crippen LogP contribution in [0, 0.1) is 0 Å². The number of ketones is 1. The SMILES string of the molecule is COc1ccc(C(=O)CCCC(=O)NC(CC(F)(F)F)C(=O)O)cc1. The molecule has 25 heavy (non-hydrogen) atoms. The van der Waals surface area contributed by atoms with E-state index in [0.717, 1.165) is 0 Å². The Kier molecular flexibility index (Phi) is 7.41. The molecule has 0 aliphatic carbocycles. The minimum atomic E-state index is -4.71. The minimum Gasteiger partial charge on any atom is -0.497 e. The van der Waals surface area contributed by atoms with Crippen LogP contribution in [-0.2, 0) is 9.59 Å². The van der Waals surface area contributed by atoms with Gasteiger partial charge in [-0.2, -0.15) is 13.2 Å². The Morgan fingerprint density at radius 1 is 1.16 bits per heavy atom. The van der Waals surface area contributed by atoms with Gasteiger partial charge in [0.25, 0.3) is 0 Å². The molecule has 1 unspecified atom stereocenters. The molecule has 0 fully saturated rings. The number of carbonyl (C=O) groups is 3. The van der Waals surface area contributed by atoms with E-state index >= 15 is 0 Å². The number of methoxy groups -OCH3 is 1. The number of amides is 1. The average molecular weight is 361 g/mol. The van der Waals surface area contributed by atoms with Crippen LogP contribution in [0.1, 0.15) is 36.0 Å². The number of Topliss-reactive ketones (excluding diaryl/α,β-unsaturated/α-hetero) is 1. The number of hydrogen-bond donors (Lipinski definition) is 2. The first-order valence-electron chi connectivity index (χ1n) is 7.38. The van der Waals surface area contributed by atoms with Crippen LogP contribution in [0.5, 0.6) is 5.75 Å². The van der Waals surface area contributed by atoms with Crippen molar-refractivity contribution in [1.82, 2.24) is 5.32 Å². The molecule has 0 radical (unpaired) electrons.